The first-order valence-corrected chi connectivity index (χ1v) is 5.98. The van der Waals surface area contributed by atoms with Gasteiger partial charge in [-0.05, 0) is 0 Å². The Balaban J connectivity index is 0.000000246. The lowest BCUT2D eigenvalue weighted by Gasteiger charge is -2.56. The number of hydrogen-bond donors (Lipinski definition) is 2. The molecule has 0 radical (unpaired) electrons. The molecular formula is C11H17F3N2O4. The molecule has 1 spiro atoms. The molecule has 20 heavy (non-hydrogen) atoms. The summed E-state index contributed by atoms with van der Waals surface area (Å²) in [4.78, 5) is 22.3. The van der Waals surface area contributed by atoms with E-state index in [9.17, 15) is 18.0 Å². The molecule has 0 aliphatic carbocycles. The van der Waals surface area contributed by atoms with Gasteiger partial charge in [0.1, 0.15) is 0 Å². The Morgan fingerprint density at radius 3 is 2.15 bits per heavy atom. The number of rotatable bonds is 3. The second-order valence-electron chi connectivity index (χ2n) is 4.90. The summed E-state index contributed by atoms with van der Waals surface area (Å²) in [5.41, 5.74) is 0.447. The first kappa shape index (κ1) is 16.7. The summed E-state index contributed by atoms with van der Waals surface area (Å²) in [5.74, 6) is -2.52. The number of ether oxygens (including phenoxy) is 1. The molecule has 9 heteroatoms. The minimum absolute atomic E-state index is 0.236. The van der Waals surface area contributed by atoms with Crippen molar-refractivity contribution in [3.63, 3.8) is 0 Å². The van der Waals surface area contributed by atoms with Crippen molar-refractivity contribution < 1.29 is 32.6 Å². The highest BCUT2D eigenvalue weighted by Crippen LogP contribution is 2.34. The van der Waals surface area contributed by atoms with E-state index in [-0.39, 0.29) is 5.91 Å². The average molecular weight is 298 g/mol. The fraction of sp³-hybridized carbons (Fsp3) is 0.818. The van der Waals surface area contributed by atoms with Gasteiger partial charge < -0.3 is 20.1 Å². The van der Waals surface area contributed by atoms with Crippen LogP contribution in [-0.2, 0) is 14.3 Å². The summed E-state index contributed by atoms with van der Waals surface area (Å²) in [7, 11) is 1.63. The molecule has 0 atom stereocenters. The van der Waals surface area contributed by atoms with Crippen LogP contribution in [0.5, 0.6) is 0 Å². The van der Waals surface area contributed by atoms with Crippen LogP contribution in [0.4, 0.5) is 13.2 Å². The van der Waals surface area contributed by atoms with E-state index in [4.69, 9.17) is 14.6 Å². The number of aliphatic carboxylic acids is 1. The van der Waals surface area contributed by atoms with Gasteiger partial charge in [-0.2, -0.15) is 13.2 Å². The fourth-order valence-electron chi connectivity index (χ4n) is 1.99. The van der Waals surface area contributed by atoms with Gasteiger partial charge in [0.05, 0.1) is 13.0 Å². The number of alkyl halides is 3. The third-order valence-electron chi connectivity index (χ3n) is 3.17. The lowest BCUT2D eigenvalue weighted by molar-refractivity contribution is -0.192. The smallest absolute Gasteiger partial charge is 0.475 e. The number of amides is 1. The van der Waals surface area contributed by atoms with Gasteiger partial charge in [0, 0.05) is 38.7 Å². The van der Waals surface area contributed by atoms with Gasteiger partial charge >= 0.3 is 12.1 Å². The largest absolute Gasteiger partial charge is 0.490 e. The minimum Gasteiger partial charge on any atom is -0.475 e. The molecule has 2 aliphatic rings. The summed E-state index contributed by atoms with van der Waals surface area (Å²) in [6, 6.07) is 0. The Labute approximate surface area is 113 Å². The molecule has 0 unspecified atom stereocenters. The van der Waals surface area contributed by atoms with E-state index in [0.29, 0.717) is 18.4 Å². The zero-order valence-corrected chi connectivity index (χ0v) is 11.0. The van der Waals surface area contributed by atoms with Crippen molar-refractivity contribution in [2.75, 3.05) is 39.9 Å². The molecule has 0 aromatic carbocycles. The van der Waals surface area contributed by atoms with E-state index in [0.717, 1.165) is 26.2 Å². The Morgan fingerprint density at radius 1 is 1.35 bits per heavy atom. The van der Waals surface area contributed by atoms with Crippen LogP contribution in [0.1, 0.15) is 6.42 Å². The number of halogens is 3. The maximum absolute atomic E-state index is 11.4. The lowest BCUT2D eigenvalue weighted by Crippen LogP contribution is -2.71. The molecule has 0 aromatic heterocycles. The maximum atomic E-state index is 11.4. The number of likely N-dealkylation sites (tertiary alicyclic amines) is 1. The molecule has 0 aromatic rings. The number of carbonyl (C=O) groups is 2. The van der Waals surface area contributed by atoms with Gasteiger partial charge in [-0.3, -0.25) is 4.79 Å². The third-order valence-corrected chi connectivity index (χ3v) is 3.17. The summed E-state index contributed by atoms with van der Waals surface area (Å²) in [6.07, 6.45) is -4.56. The third kappa shape index (κ3) is 4.34. The fourth-order valence-corrected chi connectivity index (χ4v) is 1.99. The molecule has 0 saturated carbocycles. The van der Waals surface area contributed by atoms with Crippen molar-refractivity contribution in [3.8, 4) is 0 Å². The van der Waals surface area contributed by atoms with Crippen molar-refractivity contribution in [3.05, 3.63) is 0 Å². The Kier molecular flexibility index (Phi) is 5.35. The van der Waals surface area contributed by atoms with Crippen LogP contribution in [0, 0.1) is 5.41 Å². The van der Waals surface area contributed by atoms with E-state index in [1.165, 1.54) is 0 Å². The predicted molar refractivity (Wildman–Crippen MR) is 62.1 cm³/mol. The number of nitrogens with one attached hydrogen (secondary N) is 1. The van der Waals surface area contributed by atoms with Crippen molar-refractivity contribution in [1.29, 1.82) is 0 Å². The van der Waals surface area contributed by atoms with Gasteiger partial charge in [-0.1, -0.05) is 0 Å². The van der Waals surface area contributed by atoms with Gasteiger partial charge in [0.2, 0.25) is 5.91 Å². The highest BCUT2D eigenvalue weighted by Gasteiger charge is 2.48. The number of carboxylic acid groups (broad SMARTS) is 1. The summed E-state index contributed by atoms with van der Waals surface area (Å²) < 4.78 is 36.6. The topological polar surface area (TPSA) is 78.9 Å². The van der Waals surface area contributed by atoms with Crippen molar-refractivity contribution in [2.45, 2.75) is 12.6 Å². The molecule has 2 heterocycles. The second-order valence-corrected chi connectivity index (χ2v) is 4.90. The van der Waals surface area contributed by atoms with Gasteiger partial charge in [-0.15, -0.1) is 0 Å². The van der Waals surface area contributed by atoms with Gasteiger partial charge in [0.25, 0.3) is 0 Å². The summed E-state index contributed by atoms with van der Waals surface area (Å²) in [5, 5.41) is 10.4. The monoisotopic (exact) mass is 298 g/mol. The lowest BCUT2D eigenvalue weighted by atomic mass is 9.74. The molecular weight excluding hydrogens is 281 g/mol. The predicted octanol–water partition coefficient (Wildman–Crippen LogP) is 0.0880. The van der Waals surface area contributed by atoms with E-state index in [1.807, 2.05) is 4.90 Å². The normalized spacial score (nSPS) is 19.5. The van der Waals surface area contributed by atoms with Crippen molar-refractivity contribution in [1.82, 2.24) is 10.2 Å². The number of carboxylic acids is 1. The maximum Gasteiger partial charge on any atom is 0.490 e. The Hall–Kier alpha value is -1.35. The van der Waals surface area contributed by atoms with Crippen LogP contribution < -0.4 is 5.32 Å². The molecule has 2 rings (SSSR count). The second kappa shape index (κ2) is 6.40. The molecule has 1 amide bonds. The molecule has 2 N–H and O–H groups in total. The van der Waals surface area contributed by atoms with Gasteiger partial charge in [0.15, 0.2) is 0 Å². The van der Waals surface area contributed by atoms with E-state index in [2.05, 4.69) is 5.32 Å². The van der Waals surface area contributed by atoms with Crippen LogP contribution in [0.2, 0.25) is 0 Å². The summed E-state index contributed by atoms with van der Waals surface area (Å²) in [6.45, 7) is 4.60. The SMILES string of the molecule is COCCC(=O)N1CC2(CNC2)C1.O=C(O)C(F)(F)F. The number of carbonyl (C=O) groups excluding carboxylic acids is 1. The van der Waals surface area contributed by atoms with Crippen LogP contribution >= 0.6 is 0 Å². The van der Waals surface area contributed by atoms with Gasteiger partial charge in [-0.25, -0.2) is 4.79 Å². The highest BCUT2D eigenvalue weighted by molar-refractivity contribution is 5.77. The van der Waals surface area contributed by atoms with Crippen molar-refractivity contribution in [2.24, 2.45) is 5.41 Å². The van der Waals surface area contributed by atoms with Crippen LogP contribution in [0.15, 0.2) is 0 Å². The molecule has 2 saturated heterocycles. The first-order valence-electron chi connectivity index (χ1n) is 5.98. The Bertz CT molecular complexity index is 361. The Morgan fingerprint density at radius 2 is 1.85 bits per heavy atom. The summed E-state index contributed by atoms with van der Waals surface area (Å²) >= 11 is 0. The minimum atomic E-state index is -5.08. The average Bonchev–Trinajstić information content (AvgIpc) is 2.21. The van der Waals surface area contributed by atoms with Crippen molar-refractivity contribution >= 4 is 11.9 Å². The molecule has 0 bridgehead atoms. The zero-order chi connectivity index (χ0) is 15.4. The zero-order valence-electron chi connectivity index (χ0n) is 11.0. The molecule has 116 valence electrons. The molecule has 2 fully saturated rings. The number of nitrogens with zero attached hydrogens (tertiary/aromatic N) is 1. The number of methoxy groups -OCH3 is 1. The quantitative estimate of drug-likeness (QED) is 0.772. The number of hydrogen-bond acceptors (Lipinski definition) is 4. The standard InChI is InChI=1S/C9H16N2O2.C2HF3O2/c1-13-3-2-8(12)11-6-9(7-11)4-10-5-9;3-2(4,5)1(6)7/h10H,2-7H2,1H3;(H,6,7). The first-order chi connectivity index (χ1) is 9.20. The molecule has 2 aliphatic heterocycles. The van der Waals surface area contributed by atoms with E-state index < -0.39 is 12.1 Å². The van der Waals surface area contributed by atoms with Crippen LogP contribution in [0.3, 0.4) is 0 Å². The van der Waals surface area contributed by atoms with E-state index >= 15 is 0 Å². The highest BCUT2D eigenvalue weighted by atomic mass is 19.4. The molecule has 6 nitrogen and oxygen atoms in total. The van der Waals surface area contributed by atoms with Crippen LogP contribution in [-0.4, -0.2) is 68.0 Å². The van der Waals surface area contributed by atoms with Crippen LogP contribution in [0.25, 0.3) is 0 Å². The van der Waals surface area contributed by atoms with E-state index in [1.54, 1.807) is 7.11 Å².